The van der Waals surface area contributed by atoms with Crippen molar-refractivity contribution in [1.82, 2.24) is 0 Å². The lowest BCUT2D eigenvalue weighted by Gasteiger charge is -2.36. The molecule has 52 heavy (non-hydrogen) atoms. The summed E-state index contributed by atoms with van der Waals surface area (Å²) in [5.41, 5.74) is 4.34. The second-order valence-corrected chi connectivity index (χ2v) is 16.2. The van der Waals surface area contributed by atoms with Gasteiger partial charge < -0.3 is 9.47 Å². The highest BCUT2D eigenvalue weighted by atomic mass is 32.2. The van der Waals surface area contributed by atoms with Crippen LogP contribution in [0.4, 0.5) is 0 Å². The molecule has 5 aromatic rings. The van der Waals surface area contributed by atoms with E-state index in [2.05, 4.69) is 0 Å². The lowest BCUT2D eigenvalue weighted by molar-refractivity contribution is -0.0000694. The summed E-state index contributed by atoms with van der Waals surface area (Å²) in [6.07, 6.45) is 0.736. The molecule has 0 spiro atoms. The molecule has 1 aliphatic rings. The molecule has 1 saturated heterocycles. The first-order valence-electron chi connectivity index (χ1n) is 17.5. The highest BCUT2D eigenvalue weighted by Crippen LogP contribution is 2.41. The minimum Gasteiger partial charge on any atom is -0.375 e. The molecular weight excluding hydrogens is 697 g/mol. The maximum Gasteiger partial charge on any atom is 0.297 e. The van der Waals surface area contributed by atoms with Crippen LogP contribution in [-0.4, -0.2) is 42.3 Å². The third-order valence-corrected chi connectivity index (χ3v) is 12.1. The fraction of sp³-hybridized carbons (Fsp3) is 0.286. The molecule has 2 unspecified atom stereocenters. The van der Waals surface area contributed by atoms with Crippen molar-refractivity contribution in [2.24, 2.45) is 0 Å². The molecule has 1 aliphatic heterocycles. The topological polar surface area (TPSA) is 105 Å². The van der Waals surface area contributed by atoms with Crippen LogP contribution in [0.25, 0.3) is 0 Å². The van der Waals surface area contributed by atoms with Gasteiger partial charge in [-0.25, -0.2) is 0 Å². The summed E-state index contributed by atoms with van der Waals surface area (Å²) in [5.74, 6) is 0. The maximum absolute atomic E-state index is 13.5. The van der Waals surface area contributed by atoms with E-state index in [1.54, 1.807) is 24.3 Å². The van der Waals surface area contributed by atoms with Crippen molar-refractivity contribution < 1.29 is 34.7 Å². The summed E-state index contributed by atoms with van der Waals surface area (Å²) in [7, 11) is -8.21. The molecule has 0 aromatic heterocycles. The normalized spacial score (nSPS) is 15.8. The Morgan fingerprint density at radius 2 is 1.27 bits per heavy atom. The molecule has 0 N–H and O–H groups in total. The minimum absolute atomic E-state index is 0.00954. The summed E-state index contributed by atoms with van der Waals surface area (Å²) >= 11 is 0. The SMILES string of the molecule is Cc1ccc(S(=O)(=O)OC(CCCOS(=O)(=O)c2ccc(C)c(COC(c3ccccc3)(c3ccccc3)c3ccccc3)c2)C2CCCO2)cc1. The van der Waals surface area contributed by atoms with Crippen molar-refractivity contribution >= 4 is 20.2 Å². The maximum atomic E-state index is 13.5. The van der Waals surface area contributed by atoms with E-state index >= 15 is 0 Å². The Bertz CT molecular complexity index is 2020. The van der Waals surface area contributed by atoms with Gasteiger partial charge in [0.25, 0.3) is 20.2 Å². The smallest absolute Gasteiger partial charge is 0.297 e. The van der Waals surface area contributed by atoms with Crippen molar-refractivity contribution in [3.63, 3.8) is 0 Å². The Labute approximate surface area is 307 Å². The van der Waals surface area contributed by atoms with Gasteiger partial charge in [0, 0.05) is 6.61 Å². The largest absolute Gasteiger partial charge is 0.375 e. The highest BCUT2D eigenvalue weighted by molar-refractivity contribution is 7.87. The lowest BCUT2D eigenvalue weighted by atomic mass is 9.80. The van der Waals surface area contributed by atoms with Crippen molar-refractivity contribution in [3.8, 4) is 0 Å². The molecule has 0 aliphatic carbocycles. The minimum atomic E-state index is -4.15. The van der Waals surface area contributed by atoms with Gasteiger partial charge in [-0.15, -0.1) is 0 Å². The average molecular weight is 741 g/mol. The van der Waals surface area contributed by atoms with Crippen molar-refractivity contribution in [1.29, 1.82) is 0 Å². The summed E-state index contributed by atoms with van der Waals surface area (Å²) in [4.78, 5) is 0.0722. The molecule has 2 atom stereocenters. The Hall–Kier alpha value is -4.16. The van der Waals surface area contributed by atoms with Crippen molar-refractivity contribution in [2.75, 3.05) is 13.2 Å². The van der Waals surface area contributed by atoms with Crippen LogP contribution in [0.1, 0.15) is 59.1 Å². The third-order valence-electron chi connectivity index (χ3n) is 9.41. The van der Waals surface area contributed by atoms with Gasteiger partial charge in [0.05, 0.1) is 29.1 Å². The fourth-order valence-corrected chi connectivity index (χ4v) is 8.67. The van der Waals surface area contributed by atoms with Gasteiger partial charge in [0.1, 0.15) is 11.7 Å². The van der Waals surface area contributed by atoms with Crippen LogP contribution in [0.3, 0.4) is 0 Å². The van der Waals surface area contributed by atoms with Crippen LogP contribution in [0, 0.1) is 13.8 Å². The van der Waals surface area contributed by atoms with E-state index in [1.165, 1.54) is 18.2 Å². The summed E-state index contributed by atoms with van der Waals surface area (Å²) in [5, 5.41) is 0. The summed E-state index contributed by atoms with van der Waals surface area (Å²) < 4.78 is 77.1. The van der Waals surface area contributed by atoms with E-state index < -0.39 is 38.0 Å². The number of hydrogen-bond acceptors (Lipinski definition) is 8. The van der Waals surface area contributed by atoms with Gasteiger partial charge in [-0.1, -0.05) is 115 Å². The molecule has 6 rings (SSSR count). The Balaban J connectivity index is 1.17. The van der Waals surface area contributed by atoms with Crippen LogP contribution in [0.2, 0.25) is 0 Å². The Morgan fingerprint density at radius 3 is 1.81 bits per heavy atom. The summed E-state index contributed by atoms with van der Waals surface area (Å²) in [6.45, 7) is 4.27. The van der Waals surface area contributed by atoms with Gasteiger partial charge >= 0.3 is 0 Å². The van der Waals surface area contributed by atoms with Crippen LogP contribution in [0.5, 0.6) is 0 Å². The van der Waals surface area contributed by atoms with E-state index in [-0.39, 0.29) is 35.8 Å². The molecule has 5 aromatic carbocycles. The van der Waals surface area contributed by atoms with Crippen molar-refractivity contribution in [2.45, 2.75) is 73.7 Å². The number of benzene rings is 5. The van der Waals surface area contributed by atoms with E-state index in [9.17, 15) is 16.8 Å². The standard InChI is InChI=1S/C42H44O8S2/c1-32-22-25-38(26-23-32)52(45,46)50-41(40-20-12-28-47-40)21-13-29-49-51(43,44)39-27-24-33(2)34(30-39)31-48-42(35-14-6-3-7-15-35,36-16-8-4-9-17-36)37-18-10-5-11-19-37/h3-11,14-19,22-27,30,40-41H,12-13,20-21,28-29,31H2,1-2H3. The van der Waals surface area contributed by atoms with Gasteiger partial charge in [-0.2, -0.15) is 16.8 Å². The van der Waals surface area contributed by atoms with Gasteiger partial charge in [0.2, 0.25) is 0 Å². The zero-order valence-corrected chi connectivity index (χ0v) is 31.0. The zero-order chi connectivity index (χ0) is 36.6. The summed E-state index contributed by atoms with van der Waals surface area (Å²) in [6, 6.07) is 41.3. The highest BCUT2D eigenvalue weighted by Gasteiger charge is 2.38. The molecule has 1 fully saturated rings. The fourth-order valence-electron chi connectivity index (χ4n) is 6.55. The second kappa shape index (κ2) is 16.7. The first kappa shape index (κ1) is 37.6. The molecule has 0 amide bonds. The number of rotatable bonds is 16. The van der Waals surface area contributed by atoms with Crippen LogP contribution >= 0.6 is 0 Å². The molecule has 8 nitrogen and oxygen atoms in total. The predicted octanol–water partition coefficient (Wildman–Crippen LogP) is 8.25. The first-order chi connectivity index (χ1) is 25.1. The molecular formula is C42H44O8S2. The first-order valence-corrected chi connectivity index (χ1v) is 20.3. The molecule has 10 heteroatoms. The van der Waals surface area contributed by atoms with E-state index in [0.29, 0.717) is 18.6 Å². The molecule has 1 heterocycles. The lowest BCUT2D eigenvalue weighted by Crippen LogP contribution is -2.33. The number of aryl methyl sites for hydroxylation is 2. The Morgan fingerprint density at radius 1 is 0.712 bits per heavy atom. The van der Waals surface area contributed by atoms with Gasteiger partial charge in [-0.3, -0.25) is 8.37 Å². The average Bonchev–Trinajstić information content (AvgIpc) is 3.71. The van der Waals surface area contributed by atoms with Gasteiger partial charge in [0.15, 0.2) is 0 Å². The zero-order valence-electron chi connectivity index (χ0n) is 29.4. The third kappa shape index (κ3) is 8.71. The Kier molecular flexibility index (Phi) is 12.1. The van der Waals surface area contributed by atoms with E-state index in [0.717, 1.165) is 34.2 Å². The second-order valence-electron chi connectivity index (χ2n) is 13.0. The monoisotopic (exact) mass is 740 g/mol. The number of hydrogen-bond donors (Lipinski definition) is 0. The van der Waals surface area contributed by atoms with Crippen LogP contribution in [0.15, 0.2) is 143 Å². The predicted molar refractivity (Wildman–Crippen MR) is 200 cm³/mol. The van der Waals surface area contributed by atoms with E-state index in [4.69, 9.17) is 17.8 Å². The van der Waals surface area contributed by atoms with E-state index in [1.807, 2.05) is 105 Å². The molecule has 0 saturated carbocycles. The molecule has 0 bridgehead atoms. The number of ether oxygens (including phenoxy) is 2. The van der Waals surface area contributed by atoms with Gasteiger partial charge in [-0.05, 0) is 91.6 Å². The van der Waals surface area contributed by atoms with Crippen molar-refractivity contribution in [3.05, 3.63) is 167 Å². The van der Waals surface area contributed by atoms with Crippen LogP contribution in [-0.2, 0) is 50.3 Å². The molecule has 272 valence electrons. The quantitative estimate of drug-likeness (QED) is 0.0566. The van der Waals surface area contributed by atoms with Crippen LogP contribution < -0.4 is 0 Å². The molecule has 0 radical (unpaired) electrons.